The number of aryl methyl sites for hydroxylation is 1. The van der Waals surface area contributed by atoms with E-state index in [1.807, 2.05) is 56.3 Å². The van der Waals surface area contributed by atoms with Crippen molar-refractivity contribution in [3.05, 3.63) is 70.8 Å². The first-order valence-electron chi connectivity index (χ1n) is 6.66. The summed E-state index contributed by atoms with van der Waals surface area (Å²) >= 11 is 0. The second kappa shape index (κ2) is 6.35. The minimum atomic E-state index is -0.386. The van der Waals surface area contributed by atoms with Crippen molar-refractivity contribution in [3.8, 4) is 0 Å². The van der Waals surface area contributed by atoms with Gasteiger partial charge in [-0.3, -0.25) is 4.79 Å². The summed E-state index contributed by atoms with van der Waals surface area (Å²) in [6.07, 6.45) is 0. The van der Waals surface area contributed by atoms with Gasteiger partial charge >= 0.3 is 0 Å². The van der Waals surface area contributed by atoms with Crippen LogP contribution in [-0.4, -0.2) is 17.6 Å². The number of rotatable bonds is 4. The van der Waals surface area contributed by atoms with Crippen LogP contribution in [-0.2, 0) is 0 Å². The number of amides is 1. The van der Waals surface area contributed by atoms with Crippen molar-refractivity contribution in [2.45, 2.75) is 19.9 Å². The van der Waals surface area contributed by atoms with Gasteiger partial charge in [-0.2, -0.15) is 0 Å². The zero-order chi connectivity index (χ0) is 14.5. The Bertz CT molecular complexity index is 593. The summed E-state index contributed by atoms with van der Waals surface area (Å²) in [4.78, 5) is 12.3. The predicted octanol–water partition coefficient (Wildman–Crippen LogP) is 2.77. The third kappa shape index (κ3) is 3.06. The molecule has 0 spiro atoms. The number of hydrogen-bond donors (Lipinski definition) is 2. The van der Waals surface area contributed by atoms with Gasteiger partial charge in [-0.1, -0.05) is 42.5 Å². The summed E-state index contributed by atoms with van der Waals surface area (Å²) in [5.74, 6) is -0.158. The lowest BCUT2D eigenvalue weighted by Gasteiger charge is -2.18. The van der Waals surface area contributed by atoms with Gasteiger partial charge in [0.2, 0.25) is 0 Å². The van der Waals surface area contributed by atoms with Crippen LogP contribution >= 0.6 is 0 Å². The quantitative estimate of drug-likeness (QED) is 0.896. The Labute approximate surface area is 119 Å². The average molecular weight is 269 g/mol. The van der Waals surface area contributed by atoms with E-state index in [1.165, 1.54) is 0 Å². The van der Waals surface area contributed by atoms with Gasteiger partial charge < -0.3 is 10.4 Å². The molecule has 0 bridgehead atoms. The molecular weight excluding hydrogens is 250 g/mol. The van der Waals surface area contributed by atoms with E-state index in [0.29, 0.717) is 5.56 Å². The van der Waals surface area contributed by atoms with E-state index in [0.717, 1.165) is 16.7 Å². The Morgan fingerprint density at radius 3 is 2.45 bits per heavy atom. The zero-order valence-electron chi connectivity index (χ0n) is 11.8. The Morgan fingerprint density at radius 1 is 1.10 bits per heavy atom. The molecule has 0 aliphatic carbocycles. The van der Waals surface area contributed by atoms with Gasteiger partial charge in [-0.25, -0.2) is 0 Å². The molecule has 2 N–H and O–H groups in total. The second-order valence-electron chi connectivity index (χ2n) is 4.87. The standard InChI is InChI=1S/C17H19NO2/c1-12-7-6-10-15(13(12)2)17(20)18-16(11-19)14-8-4-3-5-9-14/h3-10,16,19H,11H2,1-2H3,(H,18,20)/t16-/m0/s1. The van der Waals surface area contributed by atoms with Crippen LogP contribution in [0, 0.1) is 13.8 Å². The van der Waals surface area contributed by atoms with Crippen LogP contribution in [0.2, 0.25) is 0 Å². The van der Waals surface area contributed by atoms with Gasteiger partial charge in [-0.15, -0.1) is 0 Å². The summed E-state index contributed by atoms with van der Waals surface area (Å²) < 4.78 is 0. The Balaban J connectivity index is 2.20. The molecule has 3 heteroatoms. The summed E-state index contributed by atoms with van der Waals surface area (Å²) in [7, 11) is 0. The maximum absolute atomic E-state index is 12.3. The number of aliphatic hydroxyl groups is 1. The van der Waals surface area contributed by atoms with Crippen molar-refractivity contribution in [2.24, 2.45) is 0 Å². The highest BCUT2D eigenvalue weighted by Gasteiger charge is 2.16. The summed E-state index contributed by atoms with van der Waals surface area (Å²) in [6.45, 7) is 3.79. The maximum Gasteiger partial charge on any atom is 0.252 e. The lowest BCUT2D eigenvalue weighted by Crippen LogP contribution is -2.31. The fourth-order valence-electron chi connectivity index (χ4n) is 2.15. The van der Waals surface area contributed by atoms with Crippen molar-refractivity contribution < 1.29 is 9.90 Å². The van der Waals surface area contributed by atoms with Gasteiger partial charge in [-0.05, 0) is 36.6 Å². The van der Waals surface area contributed by atoms with Gasteiger partial charge in [0.1, 0.15) is 0 Å². The molecule has 0 saturated heterocycles. The third-order valence-corrected chi connectivity index (χ3v) is 3.54. The number of aliphatic hydroxyl groups excluding tert-OH is 1. The fraction of sp³-hybridized carbons (Fsp3) is 0.235. The maximum atomic E-state index is 12.3. The van der Waals surface area contributed by atoms with Gasteiger partial charge in [0.15, 0.2) is 0 Å². The number of nitrogens with one attached hydrogen (secondary N) is 1. The van der Waals surface area contributed by atoms with Crippen molar-refractivity contribution in [1.29, 1.82) is 0 Å². The topological polar surface area (TPSA) is 49.3 Å². The van der Waals surface area contributed by atoms with Crippen LogP contribution in [0.25, 0.3) is 0 Å². The Morgan fingerprint density at radius 2 is 1.80 bits per heavy atom. The van der Waals surface area contributed by atoms with Crippen LogP contribution in [0.15, 0.2) is 48.5 Å². The minimum absolute atomic E-state index is 0.124. The number of hydrogen-bond acceptors (Lipinski definition) is 2. The molecule has 0 unspecified atom stereocenters. The Hall–Kier alpha value is -2.13. The van der Waals surface area contributed by atoms with Crippen LogP contribution in [0.5, 0.6) is 0 Å². The molecule has 2 aromatic rings. The molecule has 0 aliphatic rings. The average Bonchev–Trinajstić information content (AvgIpc) is 2.48. The predicted molar refractivity (Wildman–Crippen MR) is 79.7 cm³/mol. The SMILES string of the molecule is Cc1cccc(C(=O)N[C@@H](CO)c2ccccc2)c1C. The highest BCUT2D eigenvalue weighted by atomic mass is 16.3. The molecule has 2 rings (SSSR count). The summed E-state index contributed by atoms with van der Waals surface area (Å²) in [5, 5.41) is 12.4. The normalized spacial score (nSPS) is 11.9. The summed E-state index contributed by atoms with van der Waals surface area (Å²) in [6, 6.07) is 14.7. The van der Waals surface area contributed by atoms with E-state index >= 15 is 0 Å². The van der Waals surface area contributed by atoms with E-state index < -0.39 is 0 Å². The lowest BCUT2D eigenvalue weighted by atomic mass is 10.0. The van der Waals surface area contributed by atoms with Crippen LogP contribution in [0.3, 0.4) is 0 Å². The molecule has 0 heterocycles. The third-order valence-electron chi connectivity index (χ3n) is 3.54. The lowest BCUT2D eigenvalue weighted by molar-refractivity contribution is 0.0915. The molecule has 3 nitrogen and oxygen atoms in total. The first kappa shape index (κ1) is 14.3. The largest absolute Gasteiger partial charge is 0.394 e. The van der Waals surface area contributed by atoms with Crippen LogP contribution < -0.4 is 5.32 Å². The molecule has 2 aromatic carbocycles. The molecule has 0 saturated carbocycles. The van der Waals surface area contributed by atoms with Gasteiger partial charge in [0, 0.05) is 5.56 Å². The zero-order valence-corrected chi connectivity index (χ0v) is 11.8. The van der Waals surface area contributed by atoms with Crippen molar-refractivity contribution in [2.75, 3.05) is 6.61 Å². The number of carbonyl (C=O) groups is 1. The van der Waals surface area contributed by atoms with E-state index in [2.05, 4.69) is 5.32 Å². The van der Waals surface area contributed by atoms with E-state index in [-0.39, 0.29) is 18.6 Å². The van der Waals surface area contributed by atoms with E-state index in [9.17, 15) is 9.90 Å². The Kier molecular flexibility index (Phi) is 4.53. The van der Waals surface area contributed by atoms with E-state index in [1.54, 1.807) is 6.07 Å². The monoisotopic (exact) mass is 269 g/mol. The second-order valence-corrected chi connectivity index (χ2v) is 4.87. The minimum Gasteiger partial charge on any atom is -0.394 e. The van der Waals surface area contributed by atoms with Crippen LogP contribution in [0.4, 0.5) is 0 Å². The van der Waals surface area contributed by atoms with Crippen LogP contribution in [0.1, 0.15) is 33.1 Å². The molecule has 0 aliphatic heterocycles. The number of carbonyl (C=O) groups excluding carboxylic acids is 1. The molecule has 104 valence electrons. The molecule has 0 aromatic heterocycles. The molecular formula is C17H19NO2. The molecule has 20 heavy (non-hydrogen) atoms. The first-order chi connectivity index (χ1) is 9.63. The van der Waals surface area contributed by atoms with Gasteiger partial charge in [0.05, 0.1) is 12.6 Å². The first-order valence-corrected chi connectivity index (χ1v) is 6.66. The molecule has 1 amide bonds. The van der Waals surface area contributed by atoms with Crippen molar-refractivity contribution in [3.63, 3.8) is 0 Å². The molecule has 1 atom stereocenters. The highest BCUT2D eigenvalue weighted by molar-refractivity contribution is 5.96. The fourth-order valence-corrected chi connectivity index (χ4v) is 2.15. The molecule has 0 radical (unpaired) electrons. The smallest absolute Gasteiger partial charge is 0.252 e. The highest BCUT2D eigenvalue weighted by Crippen LogP contribution is 2.16. The summed E-state index contributed by atoms with van der Waals surface area (Å²) in [5.41, 5.74) is 3.60. The van der Waals surface area contributed by atoms with E-state index in [4.69, 9.17) is 0 Å². The van der Waals surface area contributed by atoms with Gasteiger partial charge in [0.25, 0.3) is 5.91 Å². The van der Waals surface area contributed by atoms with Crippen molar-refractivity contribution >= 4 is 5.91 Å². The number of benzene rings is 2. The molecule has 0 fully saturated rings. The van der Waals surface area contributed by atoms with Crippen molar-refractivity contribution in [1.82, 2.24) is 5.32 Å².